The molecule has 0 aromatic heterocycles. The largest absolute Gasteiger partial charge is 0.370 e. The molecule has 0 N–H and O–H groups in total. The van der Waals surface area contributed by atoms with E-state index in [1.165, 1.54) is 32.1 Å². The van der Waals surface area contributed by atoms with E-state index in [0.29, 0.717) is 0 Å². The van der Waals surface area contributed by atoms with E-state index in [4.69, 9.17) is 4.74 Å². The van der Waals surface area contributed by atoms with Crippen LogP contribution in [0.3, 0.4) is 0 Å². The van der Waals surface area contributed by atoms with Crippen molar-refractivity contribution in [2.45, 2.75) is 51.6 Å². The van der Waals surface area contributed by atoms with Crippen LogP contribution in [0.4, 0.5) is 0 Å². The molecule has 0 amide bonds. The van der Waals surface area contributed by atoms with Crippen molar-refractivity contribution in [1.29, 1.82) is 0 Å². The van der Waals surface area contributed by atoms with Gasteiger partial charge in [0.2, 0.25) is 0 Å². The van der Waals surface area contributed by atoms with Crippen LogP contribution in [-0.2, 0) is 4.74 Å². The lowest BCUT2D eigenvalue weighted by Crippen LogP contribution is -2.01. The van der Waals surface area contributed by atoms with E-state index in [2.05, 4.69) is 26.0 Å². The molecule has 1 atom stereocenters. The molecule has 1 heterocycles. The van der Waals surface area contributed by atoms with Crippen LogP contribution in [0.2, 0.25) is 0 Å². The molecule has 1 nitrogen and oxygen atoms in total. The molecular weight excluding hydrogens is 148 g/mol. The fraction of sp³-hybridized carbons (Fsp3) is 0.818. The quantitative estimate of drug-likeness (QED) is 0.337. The van der Waals surface area contributed by atoms with Gasteiger partial charge in [-0.2, -0.15) is 0 Å². The standard InChI is InChI=1S/C11H20O/c1-3-4-5-6-7-8-9-11(2)10-12-11/h6-7H,3-5,8-10H2,1-2H3/b7-6-/t11-/m1/s1. The van der Waals surface area contributed by atoms with Crippen molar-refractivity contribution in [2.24, 2.45) is 0 Å². The van der Waals surface area contributed by atoms with Crippen molar-refractivity contribution < 1.29 is 4.74 Å². The van der Waals surface area contributed by atoms with E-state index >= 15 is 0 Å². The fourth-order valence-electron chi connectivity index (χ4n) is 1.21. The van der Waals surface area contributed by atoms with Gasteiger partial charge < -0.3 is 4.74 Å². The molecule has 0 aromatic rings. The van der Waals surface area contributed by atoms with Crippen LogP contribution in [0.15, 0.2) is 12.2 Å². The molecule has 1 aliphatic rings. The second-order valence-electron chi connectivity index (χ2n) is 3.89. The van der Waals surface area contributed by atoms with Crippen molar-refractivity contribution in [3.05, 3.63) is 12.2 Å². The van der Waals surface area contributed by atoms with Gasteiger partial charge in [0.15, 0.2) is 0 Å². The predicted molar refractivity (Wildman–Crippen MR) is 52.3 cm³/mol. The smallest absolute Gasteiger partial charge is 0.0891 e. The number of unbranched alkanes of at least 4 members (excludes halogenated alkanes) is 2. The Labute approximate surface area is 75.8 Å². The highest BCUT2D eigenvalue weighted by Crippen LogP contribution is 2.31. The number of hydrogen-bond acceptors (Lipinski definition) is 1. The van der Waals surface area contributed by atoms with Gasteiger partial charge in [0.05, 0.1) is 12.2 Å². The van der Waals surface area contributed by atoms with Crippen LogP contribution < -0.4 is 0 Å². The summed E-state index contributed by atoms with van der Waals surface area (Å²) in [6.07, 6.45) is 10.8. The molecule has 1 saturated heterocycles. The summed E-state index contributed by atoms with van der Waals surface area (Å²) in [4.78, 5) is 0. The molecule has 1 rings (SSSR count). The lowest BCUT2D eigenvalue weighted by atomic mass is 10.1. The molecule has 0 spiro atoms. The number of epoxide rings is 1. The first-order chi connectivity index (χ1) is 5.77. The SMILES string of the molecule is CCCC/C=C\CC[C@]1(C)CO1. The lowest BCUT2D eigenvalue weighted by Gasteiger charge is -1.99. The van der Waals surface area contributed by atoms with E-state index < -0.39 is 0 Å². The zero-order valence-electron chi connectivity index (χ0n) is 8.31. The maximum absolute atomic E-state index is 5.29. The topological polar surface area (TPSA) is 12.5 Å². The zero-order chi connectivity index (χ0) is 8.86. The molecule has 0 aliphatic carbocycles. The average molecular weight is 168 g/mol. The van der Waals surface area contributed by atoms with Crippen molar-refractivity contribution in [1.82, 2.24) is 0 Å². The summed E-state index contributed by atoms with van der Waals surface area (Å²) in [5, 5.41) is 0. The van der Waals surface area contributed by atoms with E-state index in [1.807, 2.05) is 0 Å². The highest BCUT2D eigenvalue weighted by molar-refractivity contribution is 4.91. The molecule has 0 unspecified atom stereocenters. The third-order valence-corrected chi connectivity index (χ3v) is 2.37. The molecule has 12 heavy (non-hydrogen) atoms. The van der Waals surface area contributed by atoms with Crippen LogP contribution in [0, 0.1) is 0 Å². The molecule has 70 valence electrons. The monoisotopic (exact) mass is 168 g/mol. The summed E-state index contributed by atoms with van der Waals surface area (Å²) >= 11 is 0. The van der Waals surface area contributed by atoms with Crippen LogP contribution >= 0.6 is 0 Å². The van der Waals surface area contributed by atoms with Crippen LogP contribution in [0.25, 0.3) is 0 Å². The van der Waals surface area contributed by atoms with Crippen LogP contribution in [0.5, 0.6) is 0 Å². The molecule has 1 heteroatoms. The summed E-state index contributed by atoms with van der Waals surface area (Å²) in [5.74, 6) is 0. The van der Waals surface area contributed by atoms with E-state index in [-0.39, 0.29) is 5.60 Å². The summed E-state index contributed by atoms with van der Waals surface area (Å²) in [5.41, 5.74) is 0.245. The summed E-state index contributed by atoms with van der Waals surface area (Å²) in [6, 6.07) is 0. The van der Waals surface area contributed by atoms with E-state index in [0.717, 1.165) is 6.61 Å². The Bertz CT molecular complexity index is 145. The maximum Gasteiger partial charge on any atom is 0.0891 e. The predicted octanol–water partition coefficient (Wildman–Crippen LogP) is 3.30. The van der Waals surface area contributed by atoms with Gasteiger partial charge in [-0.15, -0.1) is 0 Å². The summed E-state index contributed by atoms with van der Waals surface area (Å²) < 4.78 is 5.29. The molecule has 0 saturated carbocycles. The van der Waals surface area contributed by atoms with Gasteiger partial charge in [0.25, 0.3) is 0 Å². The Kier molecular flexibility index (Phi) is 3.80. The van der Waals surface area contributed by atoms with Crippen molar-refractivity contribution >= 4 is 0 Å². The van der Waals surface area contributed by atoms with Gasteiger partial charge >= 0.3 is 0 Å². The molecule has 0 bridgehead atoms. The zero-order valence-corrected chi connectivity index (χ0v) is 8.31. The van der Waals surface area contributed by atoms with Gasteiger partial charge in [-0.3, -0.25) is 0 Å². The van der Waals surface area contributed by atoms with Gasteiger partial charge in [-0.1, -0.05) is 31.9 Å². The van der Waals surface area contributed by atoms with Gasteiger partial charge in [-0.25, -0.2) is 0 Å². The van der Waals surface area contributed by atoms with Crippen molar-refractivity contribution in [3.8, 4) is 0 Å². The van der Waals surface area contributed by atoms with E-state index in [1.54, 1.807) is 0 Å². The Morgan fingerprint density at radius 3 is 2.58 bits per heavy atom. The average Bonchev–Trinajstić information content (AvgIpc) is 2.77. The highest BCUT2D eigenvalue weighted by Gasteiger charge is 2.37. The Morgan fingerprint density at radius 1 is 1.33 bits per heavy atom. The maximum atomic E-state index is 5.29. The van der Waals surface area contributed by atoms with Crippen LogP contribution in [0.1, 0.15) is 46.0 Å². The molecule has 1 fully saturated rings. The number of rotatable bonds is 6. The number of ether oxygens (including phenoxy) is 1. The third-order valence-electron chi connectivity index (χ3n) is 2.37. The minimum atomic E-state index is 0.245. The van der Waals surface area contributed by atoms with Gasteiger partial charge in [-0.05, 0) is 26.2 Å². The number of allylic oxidation sites excluding steroid dienone is 2. The minimum Gasteiger partial charge on any atom is -0.370 e. The fourth-order valence-corrected chi connectivity index (χ4v) is 1.21. The second-order valence-corrected chi connectivity index (χ2v) is 3.89. The minimum absolute atomic E-state index is 0.245. The third kappa shape index (κ3) is 3.91. The van der Waals surface area contributed by atoms with Gasteiger partial charge in [0.1, 0.15) is 0 Å². The summed E-state index contributed by atoms with van der Waals surface area (Å²) in [6.45, 7) is 5.38. The normalized spacial score (nSPS) is 28.2. The first kappa shape index (κ1) is 9.79. The first-order valence-electron chi connectivity index (χ1n) is 5.06. The van der Waals surface area contributed by atoms with E-state index in [9.17, 15) is 0 Å². The Hall–Kier alpha value is -0.300. The molecule has 1 aliphatic heterocycles. The Morgan fingerprint density at radius 2 is 2.00 bits per heavy atom. The van der Waals surface area contributed by atoms with Crippen LogP contribution in [-0.4, -0.2) is 12.2 Å². The second kappa shape index (κ2) is 4.66. The molecule has 0 aromatic carbocycles. The van der Waals surface area contributed by atoms with Gasteiger partial charge in [0, 0.05) is 0 Å². The number of hydrogen-bond donors (Lipinski definition) is 0. The highest BCUT2D eigenvalue weighted by atomic mass is 16.6. The Balaban J connectivity index is 1.91. The van der Waals surface area contributed by atoms with Crippen molar-refractivity contribution in [2.75, 3.05) is 6.61 Å². The molecular formula is C11H20O. The van der Waals surface area contributed by atoms with Crippen molar-refractivity contribution in [3.63, 3.8) is 0 Å². The summed E-state index contributed by atoms with van der Waals surface area (Å²) in [7, 11) is 0. The molecule has 0 radical (unpaired) electrons. The lowest BCUT2D eigenvalue weighted by molar-refractivity contribution is 0.310. The first-order valence-corrected chi connectivity index (χ1v) is 5.06.